The van der Waals surface area contributed by atoms with Crippen molar-refractivity contribution in [2.24, 2.45) is 11.8 Å². The van der Waals surface area contributed by atoms with E-state index >= 15 is 0 Å². The van der Waals surface area contributed by atoms with Crippen LogP contribution in [0.3, 0.4) is 0 Å². The van der Waals surface area contributed by atoms with Gasteiger partial charge in [-0.1, -0.05) is 48.7 Å². The van der Waals surface area contributed by atoms with Crippen LogP contribution in [-0.4, -0.2) is 50.4 Å². The number of carbonyl (C=O) groups is 2. The highest BCUT2D eigenvalue weighted by Gasteiger charge is 2.41. The van der Waals surface area contributed by atoms with Crippen LogP contribution in [0, 0.1) is 11.8 Å². The van der Waals surface area contributed by atoms with Gasteiger partial charge in [-0.25, -0.2) is 0 Å². The number of likely N-dealkylation sites (N-methyl/N-ethyl adjacent to an activating group) is 2. The number of piperazine rings is 1. The summed E-state index contributed by atoms with van der Waals surface area (Å²) in [5.74, 6) is -1.22. The monoisotopic (exact) mass is 422 g/mol. The Hall–Kier alpha value is 0.130. The van der Waals surface area contributed by atoms with Gasteiger partial charge in [-0.05, 0) is 18.4 Å². The number of alkyl halides is 5. The topological polar surface area (TPSA) is 40.6 Å². The first-order valence-corrected chi connectivity index (χ1v) is 9.00. The molecule has 0 radical (unpaired) electrons. The highest BCUT2D eigenvalue weighted by molar-refractivity contribution is 6.67. The zero-order valence-corrected chi connectivity index (χ0v) is 17.0. The second-order valence-corrected chi connectivity index (χ2v) is 9.29. The van der Waals surface area contributed by atoms with Crippen molar-refractivity contribution in [3.05, 3.63) is 11.8 Å². The van der Waals surface area contributed by atoms with Crippen LogP contribution in [0.1, 0.15) is 20.3 Å². The summed E-state index contributed by atoms with van der Waals surface area (Å²) < 4.78 is -1.56. The molecule has 0 N–H and O–H groups in total. The minimum Gasteiger partial charge on any atom is -0.328 e. The zero-order valence-electron chi connectivity index (χ0n) is 13.2. The second kappa shape index (κ2) is 8.01. The molecule has 0 aromatic carbocycles. The lowest BCUT2D eigenvalue weighted by molar-refractivity contribution is -0.149. The fraction of sp³-hybridized carbons (Fsp3) is 0.714. The maximum absolute atomic E-state index is 12.6. The van der Waals surface area contributed by atoms with Crippen molar-refractivity contribution >= 4 is 69.8 Å². The van der Waals surface area contributed by atoms with Gasteiger partial charge in [-0.15, -0.1) is 23.2 Å². The Labute approximate surface area is 161 Å². The Morgan fingerprint density at radius 1 is 1.17 bits per heavy atom. The quantitative estimate of drug-likeness (QED) is 0.505. The molecular weight excluding hydrogens is 405 g/mol. The minimum absolute atomic E-state index is 0.137. The number of halogens is 5. The largest absolute Gasteiger partial charge is 0.328 e. The van der Waals surface area contributed by atoms with Gasteiger partial charge >= 0.3 is 0 Å². The lowest BCUT2D eigenvalue weighted by Gasteiger charge is -2.39. The van der Waals surface area contributed by atoms with Gasteiger partial charge < -0.3 is 9.80 Å². The Morgan fingerprint density at radius 2 is 1.70 bits per heavy atom. The molecule has 0 saturated carbocycles. The van der Waals surface area contributed by atoms with Gasteiger partial charge in [0.25, 0.3) is 5.91 Å². The van der Waals surface area contributed by atoms with Crippen LogP contribution in [0.4, 0.5) is 0 Å². The zero-order chi connectivity index (χ0) is 18.1. The molecule has 0 aromatic heterocycles. The number of carbonyl (C=O) groups excluding carboxylic acids is 2. The summed E-state index contributed by atoms with van der Waals surface area (Å²) in [5, 5.41) is 0. The van der Waals surface area contributed by atoms with E-state index in [-0.39, 0.29) is 23.4 Å². The average molecular weight is 425 g/mol. The van der Waals surface area contributed by atoms with Crippen molar-refractivity contribution in [3.8, 4) is 0 Å². The first-order chi connectivity index (χ1) is 10.4. The number of nitrogens with zero attached hydrogens (tertiary/aromatic N) is 2. The van der Waals surface area contributed by atoms with E-state index in [0.29, 0.717) is 6.42 Å². The fourth-order valence-corrected chi connectivity index (χ4v) is 2.60. The maximum atomic E-state index is 12.6. The van der Waals surface area contributed by atoms with Gasteiger partial charge in [0.1, 0.15) is 16.6 Å². The van der Waals surface area contributed by atoms with Crippen LogP contribution >= 0.6 is 58.0 Å². The summed E-state index contributed by atoms with van der Waals surface area (Å²) in [4.78, 5) is 27.2. The number of hydrogen-bond donors (Lipinski definition) is 0. The summed E-state index contributed by atoms with van der Waals surface area (Å²) in [6, 6.07) is -0.622. The van der Waals surface area contributed by atoms with Crippen LogP contribution in [-0.2, 0) is 9.59 Å². The predicted octanol–water partition coefficient (Wildman–Crippen LogP) is 4.01. The second-order valence-electron chi connectivity index (χ2n) is 5.76. The van der Waals surface area contributed by atoms with Crippen molar-refractivity contribution in [1.82, 2.24) is 9.80 Å². The van der Waals surface area contributed by atoms with E-state index in [0.717, 1.165) is 0 Å². The molecule has 1 aliphatic rings. The Morgan fingerprint density at radius 3 is 2.13 bits per heavy atom. The van der Waals surface area contributed by atoms with Crippen LogP contribution in [0.25, 0.3) is 0 Å². The summed E-state index contributed by atoms with van der Waals surface area (Å²) in [6.07, 6.45) is 1.87. The van der Waals surface area contributed by atoms with Crippen LogP contribution in [0.2, 0.25) is 0 Å². The van der Waals surface area contributed by atoms with Crippen molar-refractivity contribution < 1.29 is 9.59 Å². The van der Waals surface area contributed by atoms with E-state index in [1.807, 2.05) is 6.92 Å². The molecule has 132 valence electrons. The molecule has 1 aliphatic heterocycles. The van der Waals surface area contributed by atoms with Crippen LogP contribution < -0.4 is 0 Å². The highest BCUT2D eigenvalue weighted by atomic mass is 35.6. The van der Waals surface area contributed by atoms with Crippen molar-refractivity contribution in [3.63, 3.8) is 0 Å². The molecule has 0 unspecified atom stereocenters. The SMILES string of the molecule is C[C@@H](C[C@H]1C(=O)N(C)/C(=C\[C@H](C)C(Cl)(Cl)Cl)C(=O)N1C)C(Cl)Cl. The number of amides is 2. The summed E-state index contributed by atoms with van der Waals surface area (Å²) in [6.45, 7) is 3.48. The summed E-state index contributed by atoms with van der Waals surface area (Å²) in [7, 11) is 3.09. The smallest absolute Gasteiger partial charge is 0.270 e. The third kappa shape index (κ3) is 5.05. The first kappa shape index (κ1) is 21.2. The molecule has 1 heterocycles. The molecule has 1 saturated heterocycles. The average Bonchev–Trinajstić information content (AvgIpc) is 2.44. The van der Waals surface area contributed by atoms with Gasteiger partial charge in [0.15, 0.2) is 3.79 Å². The molecule has 1 rings (SSSR count). The van der Waals surface area contributed by atoms with Crippen LogP contribution in [0.15, 0.2) is 11.8 Å². The van der Waals surface area contributed by atoms with Gasteiger partial charge in [0.05, 0.1) is 0 Å². The molecule has 0 bridgehead atoms. The van der Waals surface area contributed by atoms with E-state index < -0.39 is 20.6 Å². The Balaban J connectivity index is 3.07. The highest BCUT2D eigenvalue weighted by Crippen LogP contribution is 2.37. The van der Waals surface area contributed by atoms with E-state index in [2.05, 4.69) is 0 Å². The van der Waals surface area contributed by atoms with Crippen molar-refractivity contribution in [2.45, 2.75) is 34.9 Å². The summed E-state index contributed by atoms with van der Waals surface area (Å²) >= 11 is 29.2. The third-order valence-electron chi connectivity index (χ3n) is 3.93. The fourth-order valence-electron chi connectivity index (χ4n) is 2.20. The Bertz CT molecular complexity index is 504. The molecular formula is C14H19Cl5N2O2. The minimum atomic E-state index is -1.56. The molecule has 0 aromatic rings. The predicted molar refractivity (Wildman–Crippen MR) is 96.1 cm³/mol. The molecule has 4 nitrogen and oxygen atoms in total. The van der Waals surface area contributed by atoms with Crippen LogP contribution in [0.5, 0.6) is 0 Å². The molecule has 1 fully saturated rings. The van der Waals surface area contributed by atoms with Crippen molar-refractivity contribution in [2.75, 3.05) is 14.1 Å². The lowest BCUT2D eigenvalue weighted by Crippen LogP contribution is -2.56. The first-order valence-electron chi connectivity index (χ1n) is 6.99. The molecule has 0 spiro atoms. The normalized spacial score (nSPS) is 24.6. The van der Waals surface area contributed by atoms with Gasteiger partial charge in [-0.2, -0.15) is 0 Å². The lowest BCUT2D eigenvalue weighted by atomic mass is 9.97. The third-order valence-corrected chi connectivity index (χ3v) is 5.83. The molecule has 2 amide bonds. The van der Waals surface area contributed by atoms with E-state index in [1.54, 1.807) is 14.0 Å². The summed E-state index contributed by atoms with van der Waals surface area (Å²) in [5.41, 5.74) is 0.188. The van der Waals surface area contributed by atoms with Gasteiger partial charge in [-0.3, -0.25) is 9.59 Å². The number of rotatable bonds is 4. The van der Waals surface area contributed by atoms with Gasteiger partial charge in [0.2, 0.25) is 5.91 Å². The number of hydrogen-bond acceptors (Lipinski definition) is 2. The van der Waals surface area contributed by atoms with Crippen molar-refractivity contribution in [1.29, 1.82) is 0 Å². The van der Waals surface area contributed by atoms with E-state index in [4.69, 9.17) is 58.0 Å². The molecule has 3 atom stereocenters. The Kier molecular flexibility index (Phi) is 7.37. The number of allylic oxidation sites excluding steroid dienone is 1. The maximum Gasteiger partial charge on any atom is 0.270 e. The molecule has 23 heavy (non-hydrogen) atoms. The molecule has 9 heteroatoms. The van der Waals surface area contributed by atoms with Gasteiger partial charge in [0, 0.05) is 20.0 Å². The standard InChI is InChI=1S/C14H19Cl5N2O2/c1-7(11(15)16)5-9-12(22)21(4)10(13(23)20(9)3)6-8(2)14(17,18)19/h6-9,11H,5H2,1-4H3/b10-6-/t7-,8-,9-/m0/s1. The van der Waals surface area contributed by atoms with E-state index in [9.17, 15) is 9.59 Å². The molecule has 0 aliphatic carbocycles. The van der Waals surface area contributed by atoms with E-state index in [1.165, 1.54) is 22.9 Å².